The molecule has 0 spiro atoms. The number of hydrogen-bond acceptors (Lipinski definition) is 4. The van der Waals surface area contributed by atoms with Crippen LogP contribution in [0.15, 0.2) is 18.2 Å². The van der Waals surface area contributed by atoms with E-state index in [-0.39, 0.29) is 47.6 Å². The maximum atomic E-state index is 11.9. The number of aromatic carboxylic acids is 1. The molecule has 0 bridgehead atoms. The van der Waals surface area contributed by atoms with E-state index < -0.39 is 10.9 Å². The molecular weight excluding hydrogens is 288 g/mol. The third-order valence-corrected chi connectivity index (χ3v) is 3.57. The first-order valence-electron chi connectivity index (χ1n) is 5.82. The molecule has 8 heteroatoms. The number of benzene rings is 1. The molecule has 1 aromatic rings. The lowest BCUT2D eigenvalue weighted by molar-refractivity contribution is -0.384. The largest absolute Gasteiger partial charge is 0.478 e. The molecule has 1 amide bonds. The second-order valence-electron chi connectivity index (χ2n) is 4.49. The van der Waals surface area contributed by atoms with Crippen LogP contribution in [-0.4, -0.2) is 34.3 Å². The van der Waals surface area contributed by atoms with Crippen molar-refractivity contribution in [1.29, 1.82) is 0 Å². The number of rotatable bonds is 4. The predicted octanol–water partition coefficient (Wildman–Crippen LogP) is 1.88. The van der Waals surface area contributed by atoms with Gasteiger partial charge in [0.05, 0.1) is 16.2 Å². The van der Waals surface area contributed by atoms with Crippen molar-refractivity contribution in [2.24, 2.45) is 5.92 Å². The molecule has 0 saturated carbocycles. The van der Waals surface area contributed by atoms with Crippen LogP contribution in [-0.2, 0) is 4.79 Å². The van der Waals surface area contributed by atoms with Crippen LogP contribution in [0.5, 0.6) is 0 Å². The van der Waals surface area contributed by atoms with Gasteiger partial charge in [0.15, 0.2) is 0 Å². The van der Waals surface area contributed by atoms with Crippen molar-refractivity contribution in [3.8, 4) is 0 Å². The van der Waals surface area contributed by atoms with Crippen LogP contribution < -0.4 is 4.90 Å². The van der Waals surface area contributed by atoms with Crippen molar-refractivity contribution in [2.45, 2.75) is 6.42 Å². The minimum atomic E-state index is -1.24. The molecule has 106 valence electrons. The van der Waals surface area contributed by atoms with Gasteiger partial charge in [0.25, 0.3) is 5.69 Å². The summed E-state index contributed by atoms with van der Waals surface area (Å²) in [7, 11) is 0. The van der Waals surface area contributed by atoms with Crippen molar-refractivity contribution >= 4 is 34.9 Å². The molecule has 0 aliphatic carbocycles. The van der Waals surface area contributed by atoms with Crippen LogP contribution in [0.1, 0.15) is 16.8 Å². The third-order valence-electron chi connectivity index (χ3n) is 3.14. The highest BCUT2D eigenvalue weighted by Crippen LogP contribution is 2.31. The van der Waals surface area contributed by atoms with Crippen LogP contribution in [0.2, 0.25) is 0 Å². The summed E-state index contributed by atoms with van der Waals surface area (Å²) >= 11 is 5.71. The summed E-state index contributed by atoms with van der Waals surface area (Å²) < 4.78 is 0. The summed E-state index contributed by atoms with van der Waals surface area (Å²) in [5.74, 6) is -1.32. The molecule has 1 aliphatic heterocycles. The first kappa shape index (κ1) is 14.3. The molecule has 0 radical (unpaired) electrons. The van der Waals surface area contributed by atoms with Crippen LogP contribution in [0.4, 0.5) is 11.4 Å². The van der Waals surface area contributed by atoms with Crippen LogP contribution in [0, 0.1) is 16.0 Å². The van der Waals surface area contributed by atoms with E-state index in [0.29, 0.717) is 0 Å². The number of amides is 1. The van der Waals surface area contributed by atoms with Gasteiger partial charge in [-0.3, -0.25) is 14.9 Å². The normalized spacial score (nSPS) is 18.4. The molecular formula is C12H11ClN2O5. The highest BCUT2D eigenvalue weighted by Gasteiger charge is 2.33. The number of non-ortho nitro benzene ring substituents is 1. The first-order chi connectivity index (χ1) is 9.43. The minimum Gasteiger partial charge on any atom is -0.478 e. The summed E-state index contributed by atoms with van der Waals surface area (Å²) in [6, 6.07) is 3.35. The molecule has 1 unspecified atom stereocenters. The van der Waals surface area contributed by atoms with Crippen molar-refractivity contribution in [3.05, 3.63) is 33.9 Å². The van der Waals surface area contributed by atoms with E-state index in [1.807, 2.05) is 0 Å². The molecule has 1 aliphatic rings. The van der Waals surface area contributed by atoms with Crippen molar-refractivity contribution in [3.63, 3.8) is 0 Å². The second-order valence-corrected chi connectivity index (χ2v) is 4.80. The van der Waals surface area contributed by atoms with Gasteiger partial charge in [0.2, 0.25) is 5.91 Å². The summed E-state index contributed by atoms with van der Waals surface area (Å²) in [4.78, 5) is 34.5. The summed E-state index contributed by atoms with van der Waals surface area (Å²) in [5.41, 5.74) is -0.351. The van der Waals surface area contributed by atoms with Gasteiger partial charge in [-0.15, -0.1) is 11.6 Å². The molecule has 1 N–H and O–H groups in total. The number of carbonyl (C=O) groups excluding carboxylic acids is 1. The average molecular weight is 299 g/mol. The van der Waals surface area contributed by atoms with Gasteiger partial charge in [-0.1, -0.05) is 0 Å². The van der Waals surface area contributed by atoms with E-state index >= 15 is 0 Å². The van der Waals surface area contributed by atoms with Crippen molar-refractivity contribution < 1.29 is 19.6 Å². The fraction of sp³-hybridized carbons (Fsp3) is 0.333. The number of carbonyl (C=O) groups is 2. The molecule has 1 fully saturated rings. The van der Waals surface area contributed by atoms with Gasteiger partial charge in [-0.25, -0.2) is 4.79 Å². The first-order valence-corrected chi connectivity index (χ1v) is 6.35. The van der Waals surface area contributed by atoms with Crippen molar-refractivity contribution in [2.75, 3.05) is 17.3 Å². The average Bonchev–Trinajstić information content (AvgIpc) is 2.79. The molecule has 1 heterocycles. The van der Waals surface area contributed by atoms with Gasteiger partial charge in [0, 0.05) is 31.0 Å². The maximum absolute atomic E-state index is 11.9. The van der Waals surface area contributed by atoms with E-state index in [2.05, 4.69) is 0 Å². The third kappa shape index (κ3) is 2.57. The minimum absolute atomic E-state index is 0.0457. The SMILES string of the molecule is O=C(O)c1ccc([N+](=O)[O-])cc1N1CC(CCl)CC1=O. The number of carboxylic acid groups (broad SMARTS) is 1. The number of anilines is 1. The summed E-state index contributed by atoms with van der Waals surface area (Å²) in [6.45, 7) is 0.268. The monoisotopic (exact) mass is 298 g/mol. The fourth-order valence-corrected chi connectivity index (χ4v) is 2.36. The van der Waals surface area contributed by atoms with Gasteiger partial charge in [-0.05, 0) is 12.0 Å². The Hall–Kier alpha value is -2.15. The lowest BCUT2D eigenvalue weighted by Crippen LogP contribution is -2.26. The zero-order chi connectivity index (χ0) is 14.9. The Morgan fingerprint density at radius 1 is 1.55 bits per heavy atom. The summed E-state index contributed by atoms with van der Waals surface area (Å²) in [6.07, 6.45) is 0.214. The van der Waals surface area contributed by atoms with Crippen LogP contribution in [0.3, 0.4) is 0 Å². The number of nitrogens with zero attached hydrogens (tertiary/aromatic N) is 2. The Morgan fingerprint density at radius 3 is 2.75 bits per heavy atom. The van der Waals surface area contributed by atoms with Gasteiger partial charge in [-0.2, -0.15) is 0 Å². The Bertz CT molecular complexity index is 589. The molecule has 2 rings (SSSR count). The van der Waals surface area contributed by atoms with Crippen LogP contribution >= 0.6 is 11.6 Å². The molecule has 1 saturated heterocycles. The Morgan fingerprint density at radius 2 is 2.25 bits per heavy atom. The molecule has 20 heavy (non-hydrogen) atoms. The lowest BCUT2D eigenvalue weighted by Gasteiger charge is -2.18. The zero-order valence-electron chi connectivity index (χ0n) is 10.3. The van der Waals surface area contributed by atoms with Crippen molar-refractivity contribution in [1.82, 2.24) is 0 Å². The molecule has 1 aromatic carbocycles. The Labute approximate surface area is 118 Å². The number of nitro groups is 1. The Balaban J connectivity index is 2.47. The number of hydrogen-bond donors (Lipinski definition) is 1. The standard InChI is InChI=1S/C12H11ClN2O5/c13-5-7-3-11(16)14(6-7)10-4-8(15(19)20)1-2-9(10)12(17)18/h1-2,4,7H,3,5-6H2,(H,17,18). The second kappa shape index (κ2) is 5.46. The number of alkyl halides is 1. The molecule has 7 nitrogen and oxygen atoms in total. The molecule has 0 aromatic heterocycles. The van der Waals surface area contributed by atoms with Gasteiger partial charge in [0.1, 0.15) is 0 Å². The molecule has 1 atom stereocenters. The van der Waals surface area contributed by atoms with E-state index in [0.717, 1.165) is 18.2 Å². The highest BCUT2D eigenvalue weighted by molar-refractivity contribution is 6.18. The summed E-state index contributed by atoms with van der Waals surface area (Å²) in [5, 5.41) is 19.9. The predicted molar refractivity (Wildman–Crippen MR) is 71.2 cm³/mol. The smallest absolute Gasteiger partial charge is 0.337 e. The quantitative estimate of drug-likeness (QED) is 0.519. The number of halogens is 1. The zero-order valence-corrected chi connectivity index (χ0v) is 11.0. The number of nitro benzene ring substituents is 1. The topological polar surface area (TPSA) is 101 Å². The van der Waals surface area contributed by atoms with E-state index in [9.17, 15) is 19.7 Å². The number of carboxylic acids is 1. The highest BCUT2D eigenvalue weighted by atomic mass is 35.5. The van der Waals surface area contributed by atoms with E-state index in [4.69, 9.17) is 16.7 Å². The fourth-order valence-electron chi connectivity index (χ4n) is 2.16. The van der Waals surface area contributed by atoms with E-state index in [1.54, 1.807) is 0 Å². The lowest BCUT2D eigenvalue weighted by atomic mass is 10.1. The van der Waals surface area contributed by atoms with Gasteiger partial charge < -0.3 is 10.0 Å². The van der Waals surface area contributed by atoms with Gasteiger partial charge >= 0.3 is 5.97 Å². The maximum Gasteiger partial charge on any atom is 0.337 e. The van der Waals surface area contributed by atoms with Crippen LogP contribution in [0.25, 0.3) is 0 Å². The van der Waals surface area contributed by atoms with E-state index in [1.165, 1.54) is 4.90 Å². The Kier molecular flexibility index (Phi) is 3.89.